The molecule has 0 radical (unpaired) electrons. The Morgan fingerprint density at radius 1 is 1.14 bits per heavy atom. The monoisotopic (exact) mass is 199 g/mol. The zero-order valence-electron chi connectivity index (χ0n) is 9.92. The van der Waals surface area contributed by atoms with Crippen LogP contribution in [0.4, 0.5) is 0 Å². The normalized spacial score (nSPS) is 20.1. The van der Waals surface area contributed by atoms with E-state index in [1.54, 1.807) is 0 Å². The highest BCUT2D eigenvalue weighted by atomic mass is 15.2. The number of hydrogen-bond donors (Lipinski definition) is 1. The van der Waals surface area contributed by atoms with Crippen molar-refractivity contribution >= 4 is 0 Å². The zero-order valence-corrected chi connectivity index (χ0v) is 9.92. The van der Waals surface area contributed by atoms with Gasteiger partial charge in [0.05, 0.1) is 0 Å². The van der Waals surface area contributed by atoms with Gasteiger partial charge in [0, 0.05) is 12.1 Å². The Labute approximate surface area is 88.2 Å². The summed E-state index contributed by atoms with van der Waals surface area (Å²) < 4.78 is 0. The predicted molar refractivity (Wildman–Crippen MR) is 61.4 cm³/mol. The van der Waals surface area contributed by atoms with Gasteiger partial charge in [-0.25, -0.2) is 0 Å². The van der Waals surface area contributed by atoms with Crippen molar-refractivity contribution in [3.63, 3.8) is 0 Å². The van der Waals surface area contributed by atoms with Crippen molar-refractivity contribution in [1.82, 2.24) is 9.80 Å². The van der Waals surface area contributed by atoms with E-state index in [9.17, 15) is 0 Å². The van der Waals surface area contributed by atoms with Gasteiger partial charge in [-0.1, -0.05) is 0 Å². The third kappa shape index (κ3) is 2.69. The molecule has 3 heteroatoms. The summed E-state index contributed by atoms with van der Waals surface area (Å²) in [7, 11) is 6.48. The topological polar surface area (TPSA) is 32.5 Å². The van der Waals surface area contributed by atoms with Gasteiger partial charge in [-0.3, -0.25) is 4.90 Å². The molecule has 0 aromatic carbocycles. The van der Waals surface area contributed by atoms with Crippen molar-refractivity contribution in [2.75, 3.05) is 40.8 Å². The first kappa shape index (κ1) is 12.0. The van der Waals surface area contributed by atoms with Gasteiger partial charge >= 0.3 is 0 Å². The number of hydrogen-bond acceptors (Lipinski definition) is 3. The molecule has 1 aliphatic carbocycles. The van der Waals surface area contributed by atoms with Crippen LogP contribution in [0.25, 0.3) is 0 Å². The molecule has 0 spiro atoms. The molecule has 0 bridgehead atoms. The van der Waals surface area contributed by atoms with Crippen LogP contribution in [0, 0.1) is 0 Å². The summed E-state index contributed by atoms with van der Waals surface area (Å²) in [6, 6.07) is 0. The predicted octanol–water partition coefficient (Wildman–Crippen LogP) is 0.751. The molecule has 0 aliphatic heterocycles. The summed E-state index contributed by atoms with van der Waals surface area (Å²) in [4.78, 5) is 4.71. The number of nitrogens with zero attached hydrogens (tertiary/aromatic N) is 2. The van der Waals surface area contributed by atoms with Gasteiger partial charge < -0.3 is 10.6 Å². The van der Waals surface area contributed by atoms with Crippen LogP contribution in [0.5, 0.6) is 0 Å². The Balaban J connectivity index is 2.23. The smallest absolute Gasteiger partial charge is 0.0328 e. The molecule has 2 N–H and O–H groups in total. The van der Waals surface area contributed by atoms with E-state index in [0.717, 1.165) is 6.54 Å². The van der Waals surface area contributed by atoms with E-state index < -0.39 is 0 Å². The second kappa shape index (κ2) is 5.10. The van der Waals surface area contributed by atoms with Crippen molar-refractivity contribution in [1.29, 1.82) is 0 Å². The lowest BCUT2D eigenvalue weighted by molar-refractivity contribution is 0.0440. The number of rotatable bonds is 6. The molecule has 1 fully saturated rings. The van der Waals surface area contributed by atoms with Gasteiger partial charge in [0.1, 0.15) is 0 Å². The lowest BCUT2D eigenvalue weighted by Crippen LogP contribution is -2.57. The lowest BCUT2D eigenvalue weighted by atomic mass is 9.75. The number of nitrogens with two attached hydrogens (primary N) is 1. The Morgan fingerprint density at radius 2 is 1.79 bits per heavy atom. The van der Waals surface area contributed by atoms with Crippen LogP contribution < -0.4 is 5.73 Å². The Kier molecular flexibility index (Phi) is 4.35. The average Bonchev–Trinajstić information content (AvgIpc) is 2.02. The molecule has 0 heterocycles. The molecule has 0 aromatic heterocycles. The van der Waals surface area contributed by atoms with E-state index in [0.29, 0.717) is 5.54 Å². The van der Waals surface area contributed by atoms with E-state index >= 15 is 0 Å². The Bertz CT molecular complexity index is 158. The third-order valence-corrected chi connectivity index (χ3v) is 3.57. The minimum atomic E-state index is 0.353. The molecule has 0 atom stereocenters. The van der Waals surface area contributed by atoms with Gasteiger partial charge in [0.15, 0.2) is 0 Å². The quantitative estimate of drug-likeness (QED) is 0.685. The fourth-order valence-electron chi connectivity index (χ4n) is 2.19. The van der Waals surface area contributed by atoms with Gasteiger partial charge in [-0.2, -0.15) is 0 Å². The highest BCUT2D eigenvalue weighted by Crippen LogP contribution is 2.35. The van der Waals surface area contributed by atoms with Crippen LogP contribution >= 0.6 is 0 Å². The van der Waals surface area contributed by atoms with Crippen LogP contribution in [0.2, 0.25) is 0 Å². The summed E-state index contributed by atoms with van der Waals surface area (Å²) in [5, 5.41) is 0. The Hall–Kier alpha value is -0.120. The van der Waals surface area contributed by atoms with Gasteiger partial charge in [-0.05, 0) is 59.9 Å². The minimum Gasteiger partial charge on any atom is -0.329 e. The van der Waals surface area contributed by atoms with Crippen molar-refractivity contribution in [3.8, 4) is 0 Å². The van der Waals surface area contributed by atoms with E-state index in [4.69, 9.17) is 5.73 Å². The molecule has 1 saturated carbocycles. The molecule has 3 nitrogen and oxygen atoms in total. The first-order valence-corrected chi connectivity index (χ1v) is 5.67. The fourth-order valence-corrected chi connectivity index (χ4v) is 2.19. The SMILES string of the molecule is CN(C)CCCN(C)C1(CN)CCC1. The molecule has 0 amide bonds. The van der Waals surface area contributed by atoms with Gasteiger partial charge in [0.2, 0.25) is 0 Å². The lowest BCUT2D eigenvalue weighted by Gasteiger charge is -2.48. The highest BCUT2D eigenvalue weighted by molar-refractivity contribution is 4.97. The van der Waals surface area contributed by atoms with Gasteiger partial charge in [0.25, 0.3) is 0 Å². The van der Waals surface area contributed by atoms with Crippen LogP contribution in [-0.4, -0.2) is 56.1 Å². The highest BCUT2D eigenvalue weighted by Gasteiger charge is 2.38. The standard InChI is InChI=1S/C11H25N3/c1-13(2)8-5-9-14(3)11(10-12)6-4-7-11/h4-10,12H2,1-3H3. The van der Waals surface area contributed by atoms with Crippen LogP contribution in [0.1, 0.15) is 25.7 Å². The summed E-state index contributed by atoms with van der Waals surface area (Å²) in [6.45, 7) is 3.17. The Morgan fingerprint density at radius 3 is 2.14 bits per heavy atom. The third-order valence-electron chi connectivity index (χ3n) is 3.57. The summed E-state index contributed by atoms with van der Waals surface area (Å²) in [5.41, 5.74) is 6.20. The summed E-state index contributed by atoms with van der Waals surface area (Å²) >= 11 is 0. The first-order valence-electron chi connectivity index (χ1n) is 5.67. The minimum absolute atomic E-state index is 0.353. The van der Waals surface area contributed by atoms with E-state index in [1.807, 2.05) is 0 Å². The molecule has 84 valence electrons. The molecule has 1 aliphatic rings. The molecule has 1 rings (SSSR count). The van der Waals surface area contributed by atoms with E-state index in [2.05, 4.69) is 30.9 Å². The van der Waals surface area contributed by atoms with E-state index in [-0.39, 0.29) is 0 Å². The number of likely N-dealkylation sites (N-methyl/N-ethyl adjacent to an activating group) is 1. The van der Waals surface area contributed by atoms with Crippen molar-refractivity contribution < 1.29 is 0 Å². The average molecular weight is 199 g/mol. The molecular formula is C11H25N3. The molecule has 0 saturated heterocycles. The van der Waals surface area contributed by atoms with Crippen LogP contribution in [0.3, 0.4) is 0 Å². The van der Waals surface area contributed by atoms with Gasteiger partial charge in [-0.15, -0.1) is 0 Å². The maximum Gasteiger partial charge on any atom is 0.0328 e. The summed E-state index contributed by atoms with van der Waals surface area (Å²) in [5.74, 6) is 0. The zero-order chi connectivity index (χ0) is 10.6. The van der Waals surface area contributed by atoms with Crippen molar-refractivity contribution in [2.24, 2.45) is 5.73 Å². The largest absolute Gasteiger partial charge is 0.329 e. The molecule has 0 unspecified atom stereocenters. The molecule has 0 aromatic rings. The maximum atomic E-state index is 5.85. The molecular weight excluding hydrogens is 174 g/mol. The fraction of sp³-hybridized carbons (Fsp3) is 1.00. The van der Waals surface area contributed by atoms with Crippen LogP contribution in [0.15, 0.2) is 0 Å². The van der Waals surface area contributed by atoms with Crippen molar-refractivity contribution in [2.45, 2.75) is 31.2 Å². The van der Waals surface area contributed by atoms with Crippen LogP contribution in [-0.2, 0) is 0 Å². The second-order valence-corrected chi connectivity index (χ2v) is 4.86. The second-order valence-electron chi connectivity index (χ2n) is 4.86. The maximum absolute atomic E-state index is 5.85. The van der Waals surface area contributed by atoms with E-state index in [1.165, 1.54) is 38.8 Å². The first-order chi connectivity index (χ1) is 6.60. The van der Waals surface area contributed by atoms with Crippen molar-refractivity contribution in [3.05, 3.63) is 0 Å². The molecule has 14 heavy (non-hydrogen) atoms. The summed E-state index contributed by atoms with van der Waals surface area (Å²) in [6.07, 6.45) is 5.18.